The van der Waals surface area contributed by atoms with Crippen LogP contribution in [0.1, 0.15) is 11.1 Å². The minimum Gasteiger partial charge on any atom is -0.282 e. The van der Waals surface area contributed by atoms with Gasteiger partial charge in [0.05, 0.1) is 11.5 Å². The van der Waals surface area contributed by atoms with Gasteiger partial charge in [0.1, 0.15) is 0 Å². The van der Waals surface area contributed by atoms with Crippen molar-refractivity contribution in [2.45, 2.75) is 18.4 Å². The summed E-state index contributed by atoms with van der Waals surface area (Å²) < 4.78 is 24.9. The van der Waals surface area contributed by atoms with E-state index >= 15 is 0 Å². The highest BCUT2D eigenvalue weighted by molar-refractivity contribution is 9.10. The first-order valence-electron chi connectivity index (χ1n) is 5.93. The van der Waals surface area contributed by atoms with E-state index in [1.165, 1.54) is 6.07 Å². The molecule has 2 aromatic rings. The molecule has 0 unspecified atom stereocenters. The monoisotopic (exact) mass is 355 g/mol. The Hall–Kier alpha value is -1.21. The van der Waals surface area contributed by atoms with Gasteiger partial charge in [-0.15, -0.1) is 0 Å². The van der Waals surface area contributed by atoms with Crippen molar-refractivity contribution < 1.29 is 13.3 Å². The average Bonchev–Trinajstić information content (AvgIpc) is 2.43. The molecular weight excluding hydrogens is 342 g/mol. The van der Waals surface area contributed by atoms with Gasteiger partial charge in [-0.25, -0.2) is 8.42 Å². The summed E-state index contributed by atoms with van der Waals surface area (Å²) >= 11 is 3.33. The quantitative estimate of drug-likeness (QED) is 0.838. The number of hydrogen-bond acceptors (Lipinski definition) is 3. The number of hydrogen-bond donors (Lipinski definition) is 1. The van der Waals surface area contributed by atoms with E-state index in [9.17, 15) is 8.42 Å². The Balaban J connectivity index is 2.02. The Morgan fingerprint density at radius 1 is 1.15 bits per heavy atom. The molecule has 0 aliphatic rings. The summed E-state index contributed by atoms with van der Waals surface area (Å²) in [6, 6.07) is 14.1. The van der Waals surface area contributed by atoms with Crippen molar-refractivity contribution in [3.05, 3.63) is 64.1 Å². The number of halogens is 1. The van der Waals surface area contributed by atoms with E-state index in [2.05, 4.69) is 20.8 Å². The highest BCUT2D eigenvalue weighted by atomic mass is 79.9. The predicted octanol–water partition coefficient (Wildman–Crippen LogP) is 3.17. The Morgan fingerprint density at radius 2 is 1.85 bits per heavy atom. The van der Waals surface area contributed by atoms with Gasteiger partial charge in [0.15, 0.2) is 0 Å². The Labute approximate surface area is 126 Å². The lowest BCUT2D eigenvalue weighted by molar-refractivity contribution is 0.0795. The molecule has 0 radical (unpaired) electrons. The molecule has 20 heavy (non-hydrogen) atoms. The van der Waals surface area contributed by atoms with Crippen molar-refractivity contribution in [1.29, 1.82) is 0 Å². The molecule has 0 heterocycles. The molecule has 0 saturated carbocycles. The van der Waals surface area contributed by atoms with Crippen LogP contribution >= 0.6 is 15.9 Å². The van der Waals surface area contributed by atoms with Crippen LogP contribution in [0.25, 0.3) is 0 Å². The van der Waals surface area contributed by atoms with E-state index in [0.717, 1.165) is 15.6 Å². The van der Waals surface area contributed by atoms with Crippen LogP contribution in [0.3, 0.4) is 0 Å². The number of aryl methyl sites for hydroxylation is 1. The SMILES string of the molecule is Cc1cc(S(=O)(=O)NOCc2ccccc2)ccc1Br. The third-order valence-corrected chi connectivity index (χ3v) is 4.79. The number of nitrogens with one attached hydrogen (secondary N) is 1. The highest BCUT2D eigenvalue weighted by Crippen LogP contribution is 2.19. The summed E-state index contributed by atoms with van der Waals surface area (Å²) in [5.74, 6) is 0. The van der Waals surface area contributed by atoms with E-state index < -0.39 is 10.0 Å². The highest BCUT2D eigenvalue weighted by Gasteiger charge is 2.14. The molecule has 6 heteroatoms. The lowest BCUT2D eigenvalue weighted by Gasteiger charge is -2.08. The third-order valence-electron chi connectivity index (χ3n) is 2.69. The summed E-state index contributed by atoms with van der Waals surface area (Å²) in [4.78, 5) is 7.36. The van der Waals surface area contributed by atoms with Crippen LogP contribution in [0.4, 0.5) is 0 Å². The zero-order valence-corrected chi connectivity index (χ0v) is 13.2. The lowest BCUT2D eigenvalue weighted by atomic mass is 10.2. The van der Waals surface area contributed by atoms with Crippen molar-refractivity contribution in [2.24, 2.45) is 0 Å². The minimum atomic E-state index is -3.66. The largest absolute Gasteiger partial charge is 0.282 e. The molecule has 0 atom stereocenters. The molecule has 106 valence electrons. The van der Waals surface area contributed by atoms with Crippen LogP contribution in [-0.4, -0.2) is 8.42 Å². The van der Waals surface area contributed by atoms with Gasteiger partial charge in [-0.2, -0.15) is 0 Å². The van der Waals surface area contributed by atoms with Crippen molar-refractivity contribution in [3.63, 3.8) is 0 Å². The summed E-state index contributed by atoms with van der Waals surface area (Å²) in [6.07, 6.45) is 0. The smallest absolute Gasteiger partial charge is 0.262 e. The molecule has 2 aromatic carbocycles. The summed E-state index contributed by atoms with van der Waals surface area (Å²) in [5, 5.41) is 0. The van der Waals surface area contributed by atoms with Gasteiger partial charge < -0.3 is 0 Å². The van der Waals surface area contributed by atoms with E-state index in [4.69, 9.17) is 4.84 Å². The Bertz CT molecular complexity index is 687. The summed E-state index contributed by atoms with van der Waals surface area (Å²) in [6.45, 7) is 2.00. The van der Waals surface area contributed by atoms with Gasteiger partial charge in [0, 0.05) is 4.47 Å². The number of rotatable bonds is 5. The Kier molecular flexibility index (Phi) is 4.93. The zero-order chi connectivity index (χ0) is 14.6. The summed E-state index contributed by atoms with van der Waals surface area (Å²) in [5.41, 5.74) is 1.73. The van der Waals surface area contributed by atoms with Crippen LogP contribution in [0, 0.1) is 6.92 Å². The van der Waals surface area contributed by atoms with Crippen LogP contribution in [-0.2, 0) is 21.5 Å². The zero-order valence-electron chi connectivity index (χ0n) is 10.8. The van der Waals surface area contributed by atoms with Crippen LogP contribution in [0.15, 0.2) is 57.9 Å². The van der Waals surface area contributed by atoms with Gasteiger partial charge in [0.2, 0.25) is 0 Å². The molecule has 4 nitrogen and oxygen atoms in total. The van der Waals surface area contributed by atoms with Crippen LogP contribution in [0.5, 0.6) is 0 Å². The van der Waals surface area contributed by atoms with Crippen LogP contribution in [0.2, 0.25) is 0 Å². The van der Waals surface area contributed by atoms with E-state index in [-0.39, 0.29) is 11.5 Å². The average molecular weight is 356 g/mol. The minimum absolute atomic E-state index is 0.172. The number of benzene rings is 2. The normalized spacial score (nSPS) is 11.5. The predicted molar refractivity (Wildman–Crippen MR) is 80.4 cm³/mol. The number of sulfonamides is 1. The molecule has 2 rings (SSSR count). The van der Waals surface area contributed by atoms with Crippen LogP contribution < -0.4 is 4.89 Å². The second kappa shape index (κ2) is 6.49. The fourth-order valence-electron chi connectivity index (χ4n) is 1.60. The van der Waals surface area contributed by atoms with Gasteiger partial charge in [-0.1, -0.05) is 51.1 Å². The molecule has 0 aliphatic carbocycles. The first kappa shape index (κ1) is 15.2. The fourth-order valence-corrected chi connectivity index (χ4v) is 2.73. The second-order valence-corrected chi connectivity index (χ2v) is 6.77. The first-order chi connectivity index (χ1) is 9.49. The Morgan fingerprint density at radius 3 is 2.50 bits per heavy atom. The summed E-state index contributed by atoms with van der Waals surface area (Å²) in [7, 11) is -3.66. The molecule has 1 N–H and O–H groups in total. The molecule has 0 aromatic heterocycles. The lowest BCUT2D eigenvalue weighted by Crippen LogP contribution is -2.24. The molecule has 0 spiro atoms. The van der Waals surface area contributed by atoms with Crippen molar-refractivity contribution >= 4 is 26.0 Å². The third kappa shape index (κ3) is 3.89. The second-order valence-electron chi connectivity index (χ2n) is 4.27. The molecular formula is C14H14BrNO3S. The maximum absolute atomic E-state index is 12.0. The fraction of sp³-hybridized carbons (Fsp3) is 0.143. The standard InChI is InChI=1S/C14H14BrNO3S/c1-11-9-13(7-8-14(11)15)20(17,18)16-19-10-12-5-3-2-4-6-12/h2-9,16H,10H2,1H3. The first-order valence-corrected chi connectivity index (χ1v) is 8.20. The molecule has 0 aliphatic heterocycles. The molecule has 0 bridgehead atoms. The van der Waals surface area contributed by atoms with Crippen molar-refractivity contribution in [1.82, 2.24) is 4.89 Å². The molecule has 0 saturated heterocycles. The van der Waals surface area contributed by atoms with E-state index in [0.29, 0.717) is 0 Å². The maximum atomic E-state index is 12.0. The van der Waals surface area contributed by atoms with Crippen molar-refractivity contribution in [3.8, 4) is 0 Å². The van der Waals surface area contributed by atoms with Gasteiger partial charge >= 0.3 is 0 Å². The maximum Gasteiger partial charge on any atom is 0.262 e. The van der Waals surface area contributed by atoms with Gasteiger partial charge in [-0.3, -0.25) is 4.84 Å². The van der Waals surface area contributed by atoms with E-state index in [1.54, 1.807) is 12.1 Å². The molecule has 0 fully saturated rings. The molecule has 0 amide bonds. The van der Waals surface area contributed by atoms with Gasteiger partial charge in [-0.05, 0) is 36.2 Å². The van der Waals surface area contributed by atoms with Gasteiger partial charge in [0.25, 0.3) is 10.0 Å². The van der Waals surface area contributed by atoms with E-state index in [1.807, 2.05) is 37.3 Å². The topological polar surface area (TPSA) is 55.4 Å². The van der Waals surface area contributed by atoms with Crippen molar-refractivity contribution in [2.75, 3.05) is 0 Å².